The van der Waals surface area contributed by atoms with Gasteiger partial charge in [0.25, 0.3) is 0 Å². The third-order valence-corrected chi connectivity index (χ3v) is 1.70. The van der Waals surface area contributed by atoms with Crippen molar-refractivity contribution in [2.45, 2.75) is 6.92 Å². The normalized spacial score (nSPS) is 9.00. The van der Waals surface area contributed by atoms with Crippen LogP contribution in [0.5, 0.6) is 0 Å². The van der Waals surface area contributed by atoms with Crippen LogP contribution < -0.4 is 11.5 Å². The van der Waals surface area contributed by atoms with Crippen LogP contribution in [0.15, 0.2) is 12.1 Å². The molecular weight excluding hydrogens is 195 g/mol. The van der Waals surface area contributed by atoms with Gasteiger partial charge in [-0.2, -0.15) is 0 Å². The van der Waals surface area contributed by atoms with Gasteiger partial charge in [-0.05, 0) is 24.6 Å². The molecule has 0 saturated carbocycles. The number of carbonyl (C=O) groups is 1. The van der Waals surface area contributed by atoms with E-state index in [9.17, 15) is 4.79 Å². The van der Waals surface area contributed by atoms with Gasteiger partial charge in [-0.1, -0.05) is 0 Å². The molecule has 0 aromatic heterocycles. The van der Waals surface area contributed by atoms with Gasteiger partial charge in [0.1, 0.15) is 0 Å². The minimum absolute atomic E-state index is 0. The van der Waals surface area contributed by atoms with Crippen molar-refractivity contribution in [2.75, 3.05) is 11.5 Å². The predicted octanol–water partition coefficient (Wildman–Crippen LogP) is 0.209. The zero-order valence-corrected chi connectivity index (χ0v) is 6.66. The number of carboxylic acids is 1. The number of carboxylic acid groups (broad SMARTS) is 1. The molecule has 5 N–H and O–H groups in total. The van der Waals surface area contributed by atoms with Gasteiger partial charge in [-0.25, -0.2) is 4.79 Å². The minimum atomic E-state index is -1.01. The van der Waals surface area contributed by atoms with Crippen LogP contribution in [0.3, 0.4) is 0 Å². The number of hydrogen-bond acceptors (Lipinski definition) is 3. The molecule has 4 nitrogen and oxygen atoms in total. The van der Waals surface area contributed by atoms with E-state index in [0.717, 1.165) is 0 Å². The molecule has 0 radical (unpaired) electrons. The maximum atomic E-state index is 10.6. The zero-order chi connectivity index (χ0) is 9.30. The summed E-state index contributed by atoms with van der Waals surface area (Å²) in [5.74, 6) is -1.01. The van der Waals surface area contributed by atoms with Crippen molar-refractivity contribution in [1.82, 2.24) is 0 Å². The topological polar surface area (TPSA) is 89.3 Å². The summed E-state index contributed by atoms with van der Waals surface area (Å²) in [4.78, 5) is 10.6. The number of nitrogen functional groups attached to an aromatic ring is 2. The van der Waals surface area contributed by atoms with E-state index in [4.69, 9.17) is 16.6 Å². The first-order chi connectivity index (χ1) is 5.52. The van der Waals surface area contributed by atoms with Gasteiger partial charge in [-0.3, -0.25) is 0 Å². The molecule has 0 aliphatic carbocycles. The average molecular weight is 206 g/mol. The third kappa shape index (κ3) is 2.96. The Labute approximate surface area is 119 Å². The van der Waals surface area contributed by atoms with Crippen LogP contribution in [0.4, 0.5) is 11.4 Å². The van der Waals surface area contributed by atoms with E-state index in [1.165, 1.54) is 6.07 Å². The van der Waals surface area contributed by atoms with E-state index in [1.807, 2.05) is 0 Å². The molecule has 13 heavy (non-hydrogen) atoms. The van der Waals surface area contributed by atoms with E-state index in [0.29, 0.717) is 16.9 Å². The molecule has 5 heteroatoms. The van der Waals surface area contributed by atoms with Crippen molar-refractivity contribution in [3.05, 3.63) is 23.3 Å². The van der Waals surface area contributed by atoms with Gasteiger partial charge >= 0.3 is 57.4 Å². The second kappa shape index (κ2) is 4.97. The summed E-state index contributed by atoms with van der Waals surface area (Å²) in [6.45, 7) is 1.65. The summed E-state index contributed by atoms with van der Waals surface area (Å²) in [6.07, 6.45) is 0. The number of anilines is 2. The Balaban J connectivity index is 0.00000144. The number of benzene rings is 1. The number of hydrogen-bond donors (Lipinski definition) is 3. The third-order valence-electron chi connectivity index (χ3n) is 1.70. The van der Waals surface area contributed by atoms with Crippen LogP contribution in [-0.4, -0.2) is 62.5 Å². The van der Waals surface area contributed by atoms with Gasteiger partial charge in [0.15, 0.2) is 0 Å². The van der Waals surface area contributed by atoms with Gasteiger partial charge in [-0.15, -0.1) is 0 Å². The molecule has 1 aromatic rings. The zero-order valence-electron chi connectivity index (χ0n) is 6.66. The van der Waals surface area contributed by atoms with Crippen molar-refractivity contribution in [3.8, 4) is 0 Å². The van der Waals surface area contributed by atoms with E-state index >= 15 is 0 Å². The second-order valence-electron chi connectivity index (χ2n) is 2.59. The van der Waals surface area contributed by atoms with Crippen molar-refractivity contribution in [2.24, 2.45) is 0 Å². The Hall–Kier alpha value is -0.0736. The molecule has 1 aromatic carbocycles. The summed E-state index contributed by atoms with van der Waals surface area (Å²) >= 11 is 0. The summed E-state index contributed by atoms with van der Waals surface area (Å²) in [6, 6.07) is 2.94. The predicted molar refractivity (Wildman–Crippen MR) is 54.1 cm³/mol. The van der Waals surface area contributed by atoms with Crippen molar-refractivity contribution < 1.29 is 9.90 Å². The molecule has 0 fully saturated rings. The molecule has 0 heterocycles. The molecule has 0 aliphatic rings. The SMILES string of the molecule is Cc1c(N)cc(N)cc1C(=O)O.[KH]. The first-order valence-electron chi connectivity index (χ1n) is 3.41. The molecule has 0 spiro atoms. The fourth-order valence-electron chi connectivity index (χ4n) is 0.982. The van der Waals surface area contributed by atoms with Gasteiger partial charge in [0.2, 0.25) is 0 Å². The van der Waals surface area contributed by atoms with Crippen LogP contribution in [0.1, 0.15) is 15.9 Å². The second-order valence-corrected chi connectivity index (χ2v) is 2.59. The average Bonchev–Trinajstić information content (AvgIpc) is 1.96. The van der Waals surface area contributed by atoms with Crippen molar-refractivity contribution in [3.63, 3.8) is 0 Å². The Kier molecular flexibility index (Phi) is 4.94. The summed E-state index contributed by atoms with van der Waals surface area (Å²) < 4.78 is 0. The van der Waals surface area contributed by atoms with Crippen molar-refractivity contribution in [1.29, 1.82) is 0 Å². The Morgan fingerprint density at radius 1 is 1.38 bits per heavy atom. The first kappa shape index (κ1) is 12.9. The number of nitrogens with two attached hydrogens (primary N) is 2. The Bertz CT molecular complexity index is 339. The van der Waals surface area contributed by atoms with Crippen molar-refractivity contribution >= 4 is 68.7 Å². The van der Waals surface area contributed by atoms with Crippen LogP contribution in [0.25, 0.3) is 0 Å². The molecule has 0 aliphatic heterocycles. The fraction of sp³-hybridized carbons (Fsp3) is 0.125. The quantitative estimate of drug-likeness (QED) is 0.452. The van der Waals surface area contributed by atoms with Crippen LogP contribution in [-0.2, 0) is 0 Å². The fourth-order valence-corrected chi connectivity index (χ4v) is 0.982. The molecule has 0 bridgehead atoms. The maximum absolute atomic E-state index is 10.6. The van der Waals surface area contributed by atoms with Gasteiger partial charge in [0.05, 0.1) is 5.56 Å². The number of aromatic carboxylic acids is 1. The number of rotatable bonds is 1. The van der Waals surface area contributed by atoms with Gasteiger partial charge in [0, 0.05) is 11.4 Å². The summed E-state index contributed by atoms with van der Waals surface area (Å²) in [5.41, 5.74) is 12.4. The molecule has 1 rings (SSSR count). The van der Waals surface area contributed by atoms with Crippen LogP contribution >= 0.6 is 0 Å². The Morgan fingerprint density at radius 3 is 2.38 bits per heavy atom. The van der Waals surface area contributed by atoms with E-state index in [1.54, 1.807) is 13.0 Å². The van der Waals surface area contributed by atoms with E-state index in [-0.39, 0.29) is 56.9 Å². The Morgan fingerprint density at radius 2 is 1.92 bits per heavy atom. The van der Waals surface area contributed by atoms with Crippen LogP contribution in [0.2, 0.25) is 0 Å². The molecule has 66 valence electrons. The van der Waals surface area contributed by atoms with Gasteiger partial charge < -0.3 is 16.6 Å². The standard InChI is InChI=1S/C8H10N2O2.K.H/c1-4-6(8(11)12)2-5(9)3-7(4)10;;/h2-3H,9-10H2,1H3,(H,11,12);;. The summed E-state index contributed by atoms with van der Waals surface area (Å²) in [5, 5.41) is 8.70. The monoisotopic (exact) mass is 206 g/mol. The summed E-state index contributed by atoms with van der Waals surface area (Å²) in [7, 11) is 0. The molecule has 0 unspecified atom stereocenters. The molecular formula is C8H11KN2O2. The van der Waals surface area contributed by atoms with Crippen LogP contribution in [0, 0.1) is 6.92 Å². The molecule has 0 atom stereocenters. The van der Waals surface area contributed by atoms with E-state index < -0.39 is 5.97 Å². The molecule has 0 amide bonds. The van der Waals surface area contributed by atoms with E-state index in [2.05, 4.69) is 0 Å². The first-order valence-corrected chi connectivity index (χ1v) is 3.41. The molecule has 0 saturated heterocycles.